The SMILES string of the molecule is CC(CC1C(C#N)=C(N)Oc2c(Cl)cc(Cl)cc21)=C(C#N)C#N. The minimum absolute atomic E-state index is 0.00188. The van der Waals surface area contributed by atoms with Crippen LogP contribution in [0.4, 0.5) is 0 Å². The summed E-state index contributed by atoms with van der Waals surface area (Å²) >= 11 is 12.2. The molecule has 23 heavy (non-hydrogen) atoms. The van der Waals surface area contributed by atoms with Gasteiger partial charge < -0.3 is 10.5 Å². The van der Waals surface area contributed by atoms with Crippen LogP contribution in [-0.2, 0) is 0 Å². The van der Waals surface area contributed by atoms with E-state index in [1.807, 2.05) is 18.2 Å². The lowest BCUT2D eigenvalue weighted by Gasteiger charge is -2.27. The van der Waals surface area contributed by atoms with Gasteiger partial charge in [-0.25, -0.2) is 0 Å². The number of rotatable bonds is 2. The quantitative estimate of drug-likeness (QED) is 0.818. The van der Waals surface area contributed by atoms with E-state index in [2.05, 4.69) is 0 Å². The zero-order valence-corrected chi connectivity index (χ0v) is 13.5. The molecule has 0 amide bonds. The van der Waals surface area contributed by atoms with E-state index in [1.54, 1.807) is 13.0 Å². The van der Waals surface area contributed by atoms with Gasteiger partial charge in [0.1, 0.15) is 23.8 Å². The van der Waals surface area contributed by atoms with E-state index >= 15 is 0 Å². The number of fused-ring (bicyclic) bond motifs is 1. The van der Waals surface area contributed by atoms with Gasteiger partial charge in [0.25, 0.3) is 0 Å². The van der Waals surface area contributed by atoms with Crippen molar-refractivity contribution in [3.05, 3.63) is 50.3 Å². The molecule has 1 heterocycles. The maximum atomic E-state index is 9.38. The number of allylic oxidation sites excluding steroid dienone is 3. The Labute approximate surface area is 143 Å². The van der Waals surface area contributed by atoms with Gasteiger partial charge in [0, 0.05) is 16.5 Å². The van der Waals surface area contributed by atoms with Gasteiger partial charge in [-0.3, -0.25) is 0 Å². The predicted octanol–water partition coefficient (Wildman–Crippen LogP) is 3.92. The highest BCUT2D eigenvalue weighted by Gasteiger charge is 2.31. The number of ether oxygens (including phenoxy) is 1. The van der Waals surface area contributed by atoms with Gasteiger partial charge in [0.2, 0.25) is 5.88 Å². The second-order valence-electron chi connectivity index (χ2n) is 4.93. The Kier molecular flexibility index (Phi) is 4.82. The summed E-state index contributed by atoms with van der Waals surface area (Å²) < 4.78 is 5.44. The molecule has 2 rings (SSSR count). The maximum absolute atomic E-state index is 9.38. The van der Waals surface area contributed by atoms with Crippen molar-refractivity contribution in [2.24, 2.45) is 5.73 Å². The van der Waals surface area contributed by atoms with Crippen LogP contribution >= 0.6 is 23.2 Å². The number of hydrogen-bond acceptors (Lipinski definition) is 5. The number of halogens is 2. The first-order chi connectivity index (χ1) is 10.9. The van der Waals surface area contributed by atoms with Crippen molar-refractivity contribution in [3.8, 4) is 24.0 Å². The largest absolute Gasteiger partial charge is 0.439 e. The van der Waals surface area contributed by atoms with Gasteiger partial charge in [0.05, 0.1) is 10.6 Å². The molecule has 1 unspecified atom stereocenters. The lowest BCUT2D eigenvalue weighted by atomic mass is 9.83. The number of hydrogen-bond donors (Lipinski definition) is 1. The average Bonchev–Trinajstić information content (AvgIpc) is 2.50. The number of nitrogens with zero attached hydrogens (tertiary/aromatic N) is 3. The van der Waals surface area contributed by atoms with Crippen LogP contribution in [-0.4, -0.2) is 0 Å². The van der Waals surface area contributed by atoms with Crippen LogP contribution in [0, 0.1) is 34.0 Å². The Morgan fingerprint density at radius 1 is 1.26 bits per heavy atom. The molecule has 0 aromatic heterocycles. The molecule has 0 saturated heterocycles. The van der Waals surface area contributed by atoms with E-state index in [9.17, 15) is 5.26 Å². The molecule has 0 radical (unpaired) electrons. The highest BCUT2D eigenvalue weighted by atomic mass is 35.5. The normalized spacial score (nSPS) is 15.6. The molecule has 0 aliphatic carbocycles. The summed E-state index contributed by atoms with van der Waals surface area (Å²) in [5.74, 6) is -0.199. The van der Waals surface area contributed by atoms with Crippen molar-refractivity contribution in [3.63, 3.8) is 0 Å². The molecule has 1 aromatic carbocycles. The molecule has 0 saturated carbocycles. The summed E-state index contributed by atoms with van der Waals surface area (Å²) in [7, 11) is 0. The Morgan fingerprint density at radius 3 is 2.48 bits per heavy atom. The molecular formula is C16H10Cl2N4O. The van der Waals surface area contributed by atoms with Gasteiger partial charge >= 0.3 is 0 Å². The minimum Gasteiger partial charge on any atom is -0.439 e. The van der Waals surface area contributed by atoms with Gasteiger partial charge in [-0.2, -0.15) is 15.8 Å². The van der Waals surface area contributed by atoms with Gasteiger partial charge in [-0.05, 0) is 31.1 Å². The van der Waals surface area contributed by atoms with Crippen molar-refractivity contribution >= 4 is 23.2 Å². The van der Waals surface area contributed by atoms with Crippen molar-refractivity contribution in [2.75, 3.05) is 0 Å². The van der Waals surface area contributed by atoms with E-state index in [-0.39, 0.29) is 28.5 Å². The number of benzene rings is 1. The molecule has 0 spiro atoms. The zero-order valence-electron chi connectivity index (χ0n) is 12.0. The van der Waals surface area contributed by atoms with E-state index in [1.165, 1.54) is 6.07 Å². The number of nitriles is 3. The highest BCUT2D eigenvalue weighted by molar-refractivity contribution is 6.35. The first kappa shape index (κ1) is 16.7. The standard InChI is InChI=1S/C16H10Cl2N4O/c1-8(9(5-19)6-20)2-11-12-3-10(17)4-14(18)15(12)23-16(22)13(11)7-21/h3-4,11H,2,22H2,1H3. The summed E-state index contributed by atoms with van der Waals surface area (Å²) in [4.78, 5) is 0. The van der Waals surface area contributed by atoms with Crippen LogP contribution in [0.3, 0.4) is 0 Å². The summed E-state index contributed by atoms with van der Waals surface area (Å²) in [5, 5.41) is 28.0. The lowest BCUT2D eigenvalue weighted by Crippen LogP contribution is -2.21. The third-order valence-electron chi connectivity index (χ3n) is 3.52. The van der Waals surface area contributed by atoms with Crippen LogP contribution in [0.15, 0.2) is 34.7 Å². The minimum atomic E-state index is -0.489. The Balaban J connectivity index is 2.63. The lowest BCUT2D eigenvalue weighted by molar-refractivity contribution is 0.388. The first-order valence-corrected chi connectivity index (χ1v) is 7.25. The van der Waals surface area contributed by atoms with Crippen LogP contribution < -0.4 is 10.5 Å². The van der Waals surface area contributed by atoms with Crippen LogP contribution in [0.2, 0.25) is 10.0 Å². The fraction of sp³-hybridized carbons (Fsp3) is 0.188. The van der Waals surface area contributed by atoms with Gasteiger partial charge in [0.15, 0.2) is 5.75 Å². The summed E-state index contributed by atoms with van der Waals surface area (Å²) in [5.41, 5.74) is 7.18. The molecule has 1 aliphatic rings. The second-order valence-corrected chi connectivity index (χ2v) is 5.78. The summed E-state index contributed by atoms with van der Waals surface area (Å²) in [6.07, 6.45) is 0.257. The molecule has 1 atom stereocenters. The molecular weight excluding hydrogens is 335 g/mol. The fourth-order valence-corrected chi connectivity index (χ4v) is 2.96. The average molecular weight is 345 g/mol. The molecule has 2 N–H and O–H groups in total. The molecule has 0 fully saturated rings. The maximum Gasteiger partial charge on any atom is 0.205 e. The van der Waals surface area contributed by atoms with Gasteiger partial charge in [-0.15, -0.1) is 0 Å². The second kappa shape index (κ2) is 6.63. The Bertz CT molecular complexity index is 850. The van der Waals surface area contributed by atoms with E-state index in [4.69, 9.17) is 44.2 Å². The first-order valence-electron chi connectivity index (χ1n) is 6.49. The van der Waals surface area contributed by atoms with Crippen molar-refractivity contribution in [2.45, 2.75) is 19.3 Å². The molecule has 7 heteroatoms. The van der Waals surface area contributed by atoms with E-state index < -0.39 is 5.92 Å². The van der Waals surface area contributed by atoms with Crippen LogP contribution in [0.25, 0.3) is 0 Å². The molecule has 5 nitrogen and oxygen atoms in total. The highest BCUT2D eigenvalue weighted by Crippen LogP contribution is 2.46. The Hall–Kier alpha value is -2.65. The van der Waals surface area contributed by atoms with Gasteiger partial charge in [-0.1, -0.05) is 23.2 Å². The third-order valence-corrected chi connectivity index (χ3v) is 4.02. The topological polar surface area (TPSA) is 107 Å². The van der Waals surface area contributed by atoms with E-state index in [0.29, 0.717) is 21.9 Å². The van der Waals surface area contributed by atoms with Crippen LogP contribution in [0.1, 0.15) is 24.8 Å². The Morgan fingerprint density at radius 2 is 1.91 bits per heavy atom. The predicted molar refractivity (Wildman–Crippen MR) is 85.2 cm³/mol. The summed E-state index contributed by atoms with van der Waals surface area (Å²) in [6.45, 7) is 1.66. The van der Waals surface area contributed by atoms with Crippen molar-refractivity contribution < 1.29 is 4.74 Å². The molecule has 114 valence electrons. The zero-order chi connectivity index (χ0) is 17.1. The third kappa shape index (κ3) is 3.10. The van der Waals surface area contributed by atoms with Crippen molar-refractivity contribution in [1.82, 2.24) is 0 Å². The number of nitrogens with two attached hydrogens (primary N) is 1. The molecule has 1 aliphatic heterocycles. The van der Waals surface area contributed by atoms with Crippen LogP contribution in [0.5, 0.6) is 5.75 Å². The van der Waals surface area contributed by atoms with E-state index in [0.717, 1.165) is 0 Å². The summed E-state index contributed by atoms with van der Waals surface area (Å²) in [6, 6.07) is 8.85. The van der Waals surface area contributed by atoms with Crippen molar-refractivity contribution in [1.29, 1.82) is 15.8 Å². The fourth-order valence-electron chi connectivity index (χ4n) is 2.41. The molecule has 0 bridgehead atoms. The monoisotopic (exact) mass is 344 g/mol. The smallest absolute Gasteiger partial charge is 0.205 e. The molecule has 1 aromatic rings.